The molecule has 0 fully saturated rings. The molecule has 14 N–H and O–H groups in total. The number of benzene rings is 3. The maximum atomic E-state index is 14.6. The van der Waals surface area contributed by atoms with Gasteiger partial charge in [-0.05, 0) is 65.5 Å². The topological polar surface area (TPSA) is 378 Å². The Hall–Kier alpha value is -8.34. The zero-order valence-electron chi connectivity index (χ0n) is 45.2. The van der Waals surface area contributed by atoms with Gasteiger partial charge in [0.2, 0.25) is 41.4 Å². The molecule has 1 heterocycles. The van der Waals surface area contributed by atoms with Crippen LogP contribution in [0.4, 0.5) is 0 Å². The van der Waals surface area contributed by atoms with E-state index in [1.807, 2.05) is 18.2 Å². The summed E-state index contributed by atoms with van der Waals surface area (Å²) in [6, 6.07) is 10.2. The highest BCUT2D eigenvalue weighted by molar-refractivity contribution is 5.98. The molecule has 0 unspecified atom stereocenters. The molecule has 4 aromatic rings. The molecular formula is C56H75N9O14. The number of carbonyl (C=O) groups is 10. The number of aromatic nitrogens is 1. The molecule has 79 heavy (non-hydrogen) atoms. The van der Waals surface area contributed by atoms with Gasteiger partial charge in [-0.2, -0.15) is 0 Å². The maximum absolute atomic E-state index is 14.6. The summed E-state index contributed by atoms with van der Waals surface area (Å²) in [6.45, 7) is 10.1. The largest absolute Gasteiger partial charge is 0.508 e. The van der Waals surface area contributed by atoms with Crippen molar-refractivity contribution in [1.82, 2.24) is 42.2 Å². The highest BCUT2D eigenvalue weighted by Crippen LogP contribution is 2.21. The first kappa shape index (κ1) is 63.2. The number of hydrogen-bond donors (Lipinski definition) is 13. The molecule has 0 saturated heterocycles. The minimum atomic E-state index is -1.63. The van der Waals surface area contributed by atoms with Crippen molar-refractivity contribution >= 4 is 70.2 Å². The molecule has 0 spiro atoms. The molecule has 4 rings (SSSR count). The number of phenols is 1. The number of para-hydroxylation sites is 1. The van der Waals surface area contributed by atoms with E-state index in [0.717, 1.165) is 10.9 Å². The van der Waals surface area contributed by atoms with Gasteiger partial charge in [0.15, 0.2) is 0 Å². The third kappa shape index (κ3) is 19.6. The van der Waals surface area contributed by atoms with Crippen LogP contribution in [0.15, 0.2) is 85.1 Å². The second-order valence-corrected chi connectivity index (χ2v) is 20.2. The average Bonchev–Trinajstić information content (AvgIpc) is 3.83. The van der Waals surface area contributed by atoms with Gasteiger partial charge in [-0.3, -0.25) is 43.2 Å². The molecule has 428 valence electrons. The van der Waals surface area contributed by atoms with Crippen LogP contribution in [0.25, 0.3) is 10.9 Å². The molecular weight excluding hydrogens is 1020 g/mol. The lowest BCUT2D eigenvalue weighted by molar-refractivity contribution is -0.143. The van der Waals surface area contributed by atoms with Crippen molar-refractivity contribution in [2.45, 2.75) is 148 Å². The van der Waals surface area contributed by atoms with Crippen LogP contribution in [-0.2, 0) is 67.2 Å². The molecule has 0 radical (unpaired) electrons. The van der Waals surface area contributed by atoms with Crippen molar-refractivity contribution in [1.29, 1.82) is 0 Å². The maximum Gasteiger partial charge on any atom is 0.326 e. The first-order chi connectivity index (χ1) is 37.4. The first-order valence-electron chi connectivity index (χ1n) is 26.3. The van der Waals surface area contributed by atoms with Crippen LogP contribution in [0.5, 0.6) is 5.75 Å². The number of carbonyl (C=O) groups excluding carboxylic acids is 7. The van der Waals surface area contributed by atoms with Crippen LogP contribution in [0.3, 0.4) is 0 Å². The number of nitrogens with one attached hydrogen (secondary N) is 8. The Kier molecular flexibility index (Phi) is 24.4. The Balaban J connectivity index is 1.61. The van der Waals surface area contributed by atoms with Gasteiger partial charge in [-0.25, -0.2) is 4.79 Å². The van der Waals surface area contributed by atoms with Crippen molar-refractivity contribution in [3.8, 4) is 5.75 Å². The Morgan fingerprint density at radius 1 is 0.494 bits per heavy atom. The van der Waals surface area contributed by atoms with Gasteiger partial charge in [0.05, 0.1) is 6.04 Å². The van der Waals surface area contributed by atoms with Gasteiger partial charge < -0.3 is 68.4 Å². The molecule has 23 heteroatoms. The quantitative estimate of drug-likeness (QED) is 0.0333. The van der Waals surface area contributed by atoms with E-state index in [2.05, 4.69) is 42.2 Å². The molecule has 0 aliphatic heterocycles. The number of hydrogen-bond acceptors (Lipinski definition) is 12. The van der Waals surface area contributed by atoms with Crippen LogP contribution in [0, 0.1) is 17.8 Å². The fourth-order valence-corrected chi connectivity index (χ4v) is 8.57. The van der Waals surface area contributed by atoms with Crippen molar-refractivity contribution < 1.29 is 68.4 Å². The van der Waals surface area contributed by atoms with Crippen molar-refractivity contribution in [3.63, 3.8) is 0 Å². The van der Waals surface area contributed by atoms with Gasteiger partial charge in [-0.15, -0.1) is 0 Å². The summed E-state index contributed by atoms with van der Waals surface area (Å²) in [6.07, 6.45) is 0.178. The summed E-state index contributed by atoms with van der Waals surface area (Å²) in [4.78, 5) is 138. The molecule has 23 nitrogen and oxygen atoms in total. The lowest BCUT2D eigenvalue weighted by Gasteiger charge is -2.30. The Morgan fingerprint density at radius 3 is 1.47 bits per heavy atom. The fourth-order valence-electron chi connectivity index (χ4n) is 8.57. The van der Waals surface area contributed by atoms with Crippen molar-refractivity contribution in [2.75, 3.05) is 0 Å². The predicted octanol–water partition coefficient (Wildman–Crippen LogP) is 2.18. The minimum Gasteiger partial charge on any atom is -0.508 e. The number of aromatic hydroxyl groups is 1. The number of phenolic OH excluding ortho intramolecular Hbond substituents is 1. The monoisotopic (exact) mass is 1100 g/mol. The van der Waals surface area contributed by atoms with Crippen molar-refractivity contribution in [2.24, 2.45) is 23.5 Å². The third-order valence-electron chi connectivity index (χ3n) is 13.8. The molecule has 1 aromatic heterocycles. The zero-order valence-corrected chi connectivity index (χ0v) is 45.2. The molecule has 0 aliphatic rings. The minimum absolute atomic E-state index is 0.0806. The summed E-state index contributed by atoms with van der Waals surface area (Å²) in [5, 5.41) is 58.2. The average molecular weight is 1100 g/mol. The van der Waals surface area contributed by atoms with Crippen LogP contribution in [-0.4, -0.2) is 133 Å². The van der Waals surface area contributed by atoms with E-state index in [-0.39, 0.29) is 31.4 Å². The van der Waals surface area contributed by atoms with Crippen LogP contribution in [0.1, 0.15) is 96.8 Å². The molecule has 7 amide bonds. The van der Waals surface area contributed by atoms with E-state index in [0.29, 0.717) is 29.5 Å². The zero-order chi connectivity index (χ0) is 58.5. The number of carboxylic acid groups (broad SMARTS) is 3. The molecule has 0 saturated carbocycles. The SMILES string of the molecule is CC[C@H](C)[C@H](NC(=O)[C@@H](NC(=O)[C@H](CCC(=O)O)NC(=O)[C@H](Cc1ccccc1)NC(=O)[C@H](Cc1ccc(O)cc1)NC(=O)[C@@H](NC(=O)[C@@H](N)CCC(=O)O)[C@@H](C)CC)C(C)C)C(=O)N[C@@H](Cc1c[nH]c2ccccc12)C(=O)O. The first-order valence-corrected chi connectivity index (χ1v) is 26.3. The number of aliphatic carboxylic acids is 3. The summed E-state index contributed by atoms with van der Waals surface area (Å²) in [7, 11) is 0. The van der Waals surface area contributed by atoms with E-state index in [1.165, 1.54) is 24.3 Å². The highest BCUT2D eigenvalue weighted by Gasteiger charge is 2.37. The number of carboxylic acids is 3. The summed E-state index contributed by atoms with van der Waals surface area (Å²) < 4.78 is 0. The molecule has 10 atom stereocenters. The van der Waals surface area contributed by atoms with Gasteiger partial charge in [0.1, 0.15) is 48.0 Å². The van der Waals surface area contributed by atoms with E-state index in [4.69, 9.17) is 10.8 Å². The van der Waals surface area contributed by atoms with Crippen LogP contribution in [0.2, 0.25) is 0 Å². The van der Waals surface area contributed by atoms with E-state index >= 15 is 0 Å². The summed E-state index contributed by atoms with van der Waals surface area (Å²) in [5.41, 5.74) is 8.37. The second-order valence-electron chi connectivity index (χ2n) is 20.2. The smallest absolute Gasteiger partial charge is 0.326 e. The third-order valence-corrected chi connectivity index (χ3v) is 13.8. The summed E-state index contributed by atoms with van der Waals surface area (Å²) >= 11 is 0. The van der Waals surface area contributed by atoms with E-state index in [9.17, 15) is 63.3 Å². The van der Waals surface area contributed by atoms with Crippen LogP contribution >= 0.6 is 0 Å². The number of amides is 7. The normalized spacial score (nSPS) is 15.0. The van der Waals surface area contributed by atoms with Gasteiger partial charge in [0, 0.05) is 49.2 Å². The number of fused-ring (bicyclic) bond motifs is 1. The van der Waals surface area contributed by atoms with E-state index in [1.54, 1.807) is 84.1 Å². The fraction of sp³-hybridized carbons (Fsp3) is 0.464. The van der Waals surface area contributed by atoms with Gasteiger partial charge in [0.25, 0.3) is 0 Å². The van der Waals surface area contributed by atoms with E-state index < -0.39 is 145 Å². The molecule has 0 aliphatic carbocycles. The van der Waals surface area contributed by atoms with Gasteiger partial charge in [-0.1, -0.05) is 115 Å². The van der Waals surface area contributed by atoms with Gasteiger partial charge >= 0.3 is 17.9 Å². The summed E-state index contributed by atoms with van der Waals surface area (Å²) in [5.74, 6) is -11.7. The number of nitrogens with two attached hydrogens (primary N) is 1. The van der Waals surface area contributed by atoms with Crippen LogP contribution < -0.4 is 43.0 Å². The Bertz CT molecular complexity index is 2750. The molecule has 0 bridgehead atoms. The van der Waals surface area contributed by atoms with Crippen molar-refractivity contribution in [3.05, 3.63) is 102 Å². The Morgan fingerprint density at radius 2 is 0.937 bits per heavy atom. The second kappa shape index (κ2) is 30.6. The Labute approximate surface area is 458 Å². The number of rotatable bonds is 32. The lowest BCUT2D eigenvalue weighted by atomic mass is 9.95. The number of aromatic amines is 1. The number of H-pyrrole nitrogens is 1. The highest BCUT2D eigenvalue weighted by atomic mass is 16.4. The lowest BCUT2D eigenvalue weighted by Crippen LogP contribution is -2.62. The predicted molar refractivity (Wildman–Crippen MR) is 291 cm³/mol. The standard InChI is InChI=1S/C56H75N9O14/c1-7-31(5)47(64-49(71)38(57)22-24-44(67)68)54(76)61-42(27-34-18-20-36(66)21-19-34)52(74)60-41(26-33-14-10-9-11-15-33)51(73)59-40(23-25-45(69)70)50(72)63-46(30(3)4)53(75)65-48(32(6)8-2)55(77)62-43(56(78)79)28-35-29-58-39-17-13-12-16-37(35)39/h9-21,29-32,38,40-43,46-48,58,66H,7-8,22-28,57H2,1-6H3,(H,59,73)(H,60,74)(H,61,76)(H,62,77)(H,63,72)(H,64,71)(H,65,75)(H,67,68)(H,69,70)(H,78,79)/t31-,32-,38-,40-,41-,42-,43-,46-,47-,48-/m0/s1. The molecule has 3 aromatic carbocycles.